The van der Waals surface area contributed by atoms with Crippen LogP contribution in [0, 0.1) is 23.7 Å². The van der Waals surface area contributed by atoms with E-state index in [1.807, 2.05) is 18.2 Å². The SMILES string of the molecule is COC(=O)C1CC2CCCC(C1)C2C(=O)c1ccc2nc(N)ncc2c1. The number of fused-ring (bicyclic) bond motifs is 3. The normalized spacial score (nSPS) is 27.9. The summed E-state index contributed by atoms with van der Waals surface area (Å²) < 4.78 is 4.95. The van der Waals surface area contributed by atoms with E-state index in [-0.39, 0.29) is 41.4 Å². The van der Waals surface area contributed by atoms with Crippen LogP contribution in [-0.2, 0) is 9.53 Å². The van der Waals surface area contributed by atoms with E-state index in [0.29, 0.717) is 5.56 Å². The van der Waals surface area contributed by atoms with E-state index in [1.54, 1.807) is 6.20 Å². The zero-order chi connectivity index (χ0) is 18.3. The maximum Gasteiger partial charge on any atom is 0.308 e. The zero-order valence-electron chi connectivity index (χ0n) is 14.9. The predicted molar refractivity (Wildman–Crippen MR) is 97.3 cm³/mol. The van der Waals surface area contributed by atoms with Gasteiger partial charge in [-0.1, -0.05) is 6.42 Å². The van der Waals surface area contributed by atoms with Gasteiger partial charge in [-0.2, -0.15) is 0 Å². The lowest BCUT2D eigenvalue weighted by Crippen LogP contribution is -2.42. The molecule has 136 valence electrons. The number of hydrogen-bond acceptors (Lipinski definition) is 6. The molecule has 1 aromatic carbocycles. The van der Waals surface area contributed by atoms with E-state index in [1.165, 1.54) is 7.11 Å². The smallest absolute Gasteiger partial charge is 0.308 e. The van der Waals surface area contributed by atoms with Gasteiger partial charge in [-0.25, -0.2) is 9.97 Å². The van der Waals surface area contributed by atoms with Crippen molar-refractivity contribution < 1.29 is 14.3 Å². The van der Waals surface area contributed by atoms with Crippen LogP contribution in [0.5, 0.6) is 0 Å². The second-order valence-corrected chi connectivity index (χ2v) is 7.53. The molecule has 0 aliphatic heterocycles. The van der Waals surface area contributed by atoms with Crippen LogP contribution in [0.1, 0.15) is 42.5 Å². The van der Waals surface area contributed by atoms with Crippen molar-refractivity contribution in [1.29, 1.82) is 0 Å². The van der Waals surface area contributed by atoms with Crippen LogP contribution in [-0.4, -0.2) is 28.8 Å². The topological polar surface area (TPSA) is 95.2 Å². The van der Waals surface area contributed by atoms with Crippen molar-refractivity contribution in [3.63, 3.8) is 0 Å². The largest absolute Gasteiger partial charge is 0.469 e. The minimum Gasteiger partial charge on any atom is -0.469 e. The molecule has 2 atom stereocenters. The maximum atomic E-state index is 13.3. The van der Waals surface area contributed by atoms with Gasteiger partial charge in [0.25, 0.3) is 0 Å². The molecule has 2 N–H and O–H groups in total. The first-order valence-electron chi connectivity index (χ1n) is 9.21. The van der Waals surface area contributed by atoms with Crippen molar-refractivity contribution in [2.75, 3.05) is 12.8 Å². The third kappa shape index (κ3) is 2.93. The molecule has 2 bridgehead atoms. The van der Waals surface area contributed by atoms with Crippen molar-refractivity contribution in [3.8, 4) is 0 Å². The van der Waals surface area contributed by atoms with Crippen LogP contribution in [0.15, 0.2) is 24.4 Å². The number of rotatable bonds is 3. The number of benzene rings is 1. The van der Waals surface area contributed by atoms with Gasteiger partial charge in [0.1, 0.15) is 0 Å². The van der Waals surface area contributed by atoms with Gasteiger partial charge in [0.05, 0.1) is 18.5 Å². The maximum absolute atomic E-state index is 13.3. The third-order valence-corrected chi connectivity index (χ3v) is 6.06. The number of ether oxygens (including phenoxy) is 1. The summed E-state index contributed by atoms with van der Waals surface area (Å²) in [5, 5.41) is 0.818. The Morgan fingerprint density at radius 3 is 2.62 bits per heavy atom. The number of nitrogens with two attached hydrogens (primary N) is 1. The molecule has 6 nitrogen and oxygen atoms in total. The van der Waals surface area contributed by atoms with Crippen LogP contribution < -0.4 is 5.73 Å². The lowest BCUT2D eigenvalue weighted by Gasteiger charge is -2.44. The van der Waals surface area contributed by atoms with Gasteiger partial charge in [-0.3, -0.25) is 9.59 Å². The number of methoxy groups -OCH3 is 1. The second kappa shape index (κ2) is 6.67. The number of ketones is 1. The van der Waals surface area contributed by atoms with Crippen LogP contribution in [0.2, 0.25) is 0 Å². The summed E-state index contributed by atoms with van der Waals surface area (Å²) >= 11 is 0. The molecule has 0 radical (unpaired) electrons. The van der Waals surface area contributed by atoms with Crippen molar-refractivity contribution in [3.05, 3.63) is 30.0 Å². The highest BCUT2D eigenvalue weighted by molar-refractivity contribution is 6.01. The van der Waals surface area contributed by atoms with Crippen LogP contribution in [0.3, 0.4) is 0 Å². The van der Waals surface area contributed by atoms with Gasteiger partial charge >= 0.3 is 5.97 Å². The fourth-order valence-corrected chi connectivity index (χ4v) is 4.92. The number of Topliss-reactive ketones (excluding diaryl/α,β-unsaturated/α-hetero) is 1. The summed E-state index contributed by atoms with van der Waals surface area (Å²) in [5.74, 6) is 0.737. The quantitative estimate of drug-likeness (QED) is 0.673. The minimum atomic E-state index is -0.131. The number of aromatic nitrogens is 2. The Kier molecular flexibility index (Phi) is 4.34. The Hall–Kier alpha value is -2.50. The lowest BCUT2D eigenvalue weighted by molar-refractivity contribution is -0.149. The summed E-state index contributed by atoms with van der Waals surface area (Å²) in [4.78, 5) is 33.5. The van der Waals surface area contributed by atoms with E-state index < -0.39 is 0 Å². The number of carbonyl (C=O) groups excluding carboxylic acids is 2. The number of nitrogen functional groups attached to an aromatic ring is 1. The van der Waals surface area contributed by atoms with Gasteiger partial charge in [0.15, 0.2) is 5.78 Å². The lowest BCUT2D eigenvalue weighted by atomic mass is 9.59. The fraction of sp³-hybridized carbons (Fsp3) is 0.500. The molecule has 2 aromatic rings. The van der Waals surface area contributed by atoms with Crippen molar-refractivity contribution in [1.82, 2.24) is 9.97 Å². The Morgan fingerprint density at radius 1 is 1.19 bits per heavy atom. The summed E-state index contributed by atoms with van der Waals surface area (Å²) in [7, 11) is 1.44. The van der Waals surface area contributed by atoms with Gasteiger partial charge in [-0.05, 0) is 55.7 Å². The van der Waals surface area contributed by atoms with Crippen LogP contribution in [0.25, 0.3) is 10.9 Å². The van der Waals surface area contributed by atoms with Gasteiger partial charge in [0.2, 0.25) is 5.95 Å². The average Bonchev–Trinajstić information content (AvgIpc) is 2.65. The van der Waals surface area contributed by atoms with Gasteiger partial charge in [0, 0.05) is 23.1 Å². The molecule has 4 rings (SSSR count). The van der Waals surface area contributed by atoms with Gasteiger partial charge < -0.3 is 10.5 Å². The molecule has 0 amide bonds. The second-order valence-electron chi connectivity index (χ2n) is 7.53. The number of anilines is 1. The standard InChI is InChI=1S/C20H23N3O3/c1-26-19(25)14-7-11-3-2-4-12(8-14)17(11)18(24)13-5-6-16-15(9-13)10-22-20(21)23-16/h5-6,9-12,14,17H,2-4,7-8H2,1H3,(H2,21,22,23). The number of hydrogen-bond donors (Lipinski definition) is 1. The first-order valence-corrected chi connectivity index (χ1v) is 9.21. The molecule has 2 fully saturated rings. The van der Waals surface area contributed by atoms with Gasteiger partial charge in [-0.15, -0.1) is 0 Å². The Morgan fingerprint density at radius 2 is 1.92 bits per heavy atom. The number of esters is 1. The first-order chi connectivity index (χ1) is 12.6. The van der Waals surface area contributed by atoms with E-state index >= 15 is 0 Å². The number of carbonyl (C=O) groups is 2. The van der Waals surface area contributed by atoms with E-state index in [2.05, 4.69) is 9.97 Å². The molecule has 1 heterocycles. The highest BCUT2D eigenvalue weighted by Gasteiger charge is 2.46. The molecule has 2 saturated carbocycles. The summed E-state index contributed by atoms with van der Waals surface area (Å²) in [6.45, 7) is 0. The molecule has 2 aliphatic carbocycles. The van der Waals surface area contributed by atoms with E-state index in [4.69, 9.17) is 10.5 Å². The minimum absolute atomic E-state index is 0.00296. The predicted octanol–water partition coefficient (Wildman–Crippen LogP) is 3.01. The van der Waals surface area contributed by atoms with Crippen LogP contribution in [0.4, 0.5) is 5.95 Å². The van der Waals surface area contributed by atoms with Crippen molar-refractivity contribution in [2.45, 2.75) is 32.1 Å². The molecule has 0 spiro atoms. The first kappa shape index (κ1) is 16.9. The Labute approximate surface area is 152 Å². The van der Waals surface area contributed by atoms with E-state index in [9.17, 15) is 9.59 Å². The molecule has 0 saturated heterocycles. The average molecular weight is 353 g/mol. The molecule has 6 heteroatoms. The third-order valence-electron chi connectivity index (χ3n) is 6.06. The monoisotopic (exact) mass is 353 g/mol. The summed E-state index contributed by atoms with van der Waals surface area (Å²) in [5.41, 5.74) is 7.06. The van der Waals surface area contributed by atoms with E-state index in [0.717, 1.165) is 43.0 Å². The molecular formula is C20H23N3O3. The molecule has 1 aromatic heterocycles. The molecule has 2 unspecified atom stereocenters. The van der Waals surface area contributed by atoms with Crippen molar-refractivity contribution in [2.24, 2.45) is 23.7 Å². The van der Waals surface area contributed by atoms with Crippen molar-refractivity contribution >= 4 is 28.6 Å². The Balaban J connectivity index is 1.61. The Bertz CT molecular complexity index is 853. The zero-order valence-corrected chi connectivity index (χ0v) is 14.9. The molecular weight excluding hydrogens is 330 g/mol. The summed E-state index contributed by atoms with van der Waals surface area (Å²) in [6, 6.07) is 5.52. The molecule has 2 aliphatic rings. The fourth-order valence-electron chi connectivity index (χ4n) is 4.92. The summed E-state index contributed by atoms with van der Waals surface area (Å²) in [6.07, 6.45) is 6.32. The highest BCUT2D eigenvalue weighted by atomic mass is 16.5. The number of nitrogens with zero attached hydrogens (tertiary/aromatic N) is 2. The highest BCUT2D eigenvalue weighted by Crippen LogP contribution is 2.48. The van der Waals surface area contributed by atoms with Crippen LogP contribution >= 0.6 is 0 Å². The molecule has 26 heavy (non-hydrogen) atoms.